The van der Waals surface area contributed by atoms with Crippen LogP contribution in [0.2, 0.25) is 0 Å². The summed E-state index contributed by atoms with van der Waals surface area (Å²) in [6, 6.07) is 18.7. The minimum atomic E-state index is 0.838. The van der Waals surface area contributed by atoms with Crippen molar-refractivity contribution >= 4 is 5.69 Å². The third kappa shape index (κ3) is 2.83. The maximum Gasteiger partial charge on any atom is 0.0924 e. The second-order valence-corrected chi connectivity index (χ2v) is 4.38. The summed E-state index contributed by atoms with van der Waals surface area (Å²) in [6.07, 6.45) is 3.52. The van der Waals surface area contributed by atoms with Gasteiger partial charge in [0, 0.05) is 12.2 Å². The van der Waals surface area contributed by atoms with Crippen LogP contribution in [0.4, 0.5) is 5.69 Å². The van der Waals surface area contributed by atoms with E-state index in [9.17, 15) is 0 Å². The highest BCUT2D eigenvalue weighted by Gasteiger charge is 1.98. The van der Waals surface area contributed by atoms with Crippen molar-refractivity contribution in [1.82, 2.24) is 9.97 Å². The molecule has 0 unspecified atom stereocenters. The van der Waals surface area contributed by atoms with Crippen LogP contribution in [0, 0.1) is 0 Å². The van der Waals surface area contributed by atoms with Crippen molar-refractivity contribution in [1.29, 1.82) is 0 Å². The molecule has 0 radical (unpaired) electrons. The molecule has 1 heterocycles. The lowest BCUT2D eigenvalue weighted by Crippen LogP contribution is -1.98. The molecule has 2 N–H and O–H groups in total. The molecule has 0 atom stereocenters. The van der Waals surface area contributed by atoms with Crippen LogP contribution in [0.15, 0.2) is 67.1 Å². The lowest BCUT2D eigenvalue weighted by Gasteiger charge is -2.07. The molecule has 3 heteroatoms. The van der Waals surface area contributed by atoms with Crippen molar-refractivity contribution in [3.8, 4) is 11.3 Å². The fraction of sp³-hybridized carbons (Fsp3) is 0.0625. The number of rotatable bonds is 4. The summed E-state index contributed by atoms with van der Waals surface area (Å²) in [5.41, 5.74) is 4.57. The summed E-state index contributed by atoms with van der Waals surface area (Å²) in [6.45, 7) is 0.838. The van der Waals surface area contributed by atoms with Gasteiger partial charge in [0.05, 0.1) is 18.2 Å². The van der Waals surface area contributed by atoms with Crippen molar-refractivity contribution in [2.45, 2.75) is 6.54 Å². The van der Waals surface area contributed by atoms with Gasteiger partial charge in [0.15, 0.2) is 0 Å². The Labute approximate surface area is 112 Å². The van der Waals surface area contributed by atoms with E-state index in [-0.39, 0.29) is 0 Å². The van der Waals surface area contributed by atoms with Crippen molar-refractivity contribution in [3.05, 3.63) is 72.7 Å². The van der Waals surface area contributed by atoms with Gasteiger partial charge < -0.3 is 10.3 Å². The average Bonchev–Trinajstić information content (AvgIpc) is 3.01. The zero-order valence-corrected chi connectivity index (χ0v) is 10.5. The number of hydrogen-bond donors (Lipinski definition) is 2. The lowest BCUT2D eigenvalue weighted by atomic mass is 10.1. The van der Waals surface area contributed by atoms with Crippen LogP contribution in [0.5, 0.6) is 0 Å². The highest BCUT2D eigenvalue weighted by molar-refractivity contribution is 5.61. The molecular formula is C16H15N3. The smallest absolute Gasteiger partial charge is 0.0924 e. The van der Waals surface area contributed by atoms with E-state index < -0.39 is 0 Å². The first-order chi connectivity index (χ1) is 9.42. The molecule has 0 aliphatic carbocycles. The minimum absolute atomic E-state index is 0.838. The average molecular weight is 249 g/mol. The quantitative estimate of drug-likeness (QED) is 0.740. The van der Waals surface area contributed by atoms with E-state index in [2.05, 4.69) is 63.8 Å². The van der Waals surface area contributed by atoms with Gasteiger partial charge in [-0.2, -0.15) is 0 Å². The highest BCUT2D eigenvalue weighted by atomic mass is 14.9. The lowest BCUT2D eigenvalue weighted by molar-refractivity contribution is 1.15. The predicted octanol–water partition coefficient (Wildman–Crippen LogP) is 3.69. The normalized spacial score (nSPS) is 10.3. The highest BCUT2D eigenvalue weighted by Crippen LogP contribution is 2.19. The molecule has 3 aromatic rings. The van der Waals surface area contributed by atoms with E-state index in [1.807, 2.05) is 12.3 Å². The van der Waals surface area contributed by atoms with Crippen LogP contribution < -0.4 is 5.32 Å². The Hall–Kier alpha value is -2.55. The summed E-state index contributed by atoms with van der Waals surface area (Å²) < 4.78 is 0. The summed E-state index contributed by atoms with van der Waals surface area (Å²) in [5.74, 6) is 0. The third-order valence-electron chi connectivity index (χ3n) is 3.03. The third-order valence-corrected chi connectivity index (χ3v) is 3.03. The van der Waals surface area contributed by atoms with Crippen molar-refractivity contribution < 1.29 is 0 Å². The fourth-order valence-electron chi connectivity index (χ4n) is 1.98. The van der Waals surface area contributed by atoms with E-state index >= 15 is 0 Å². The largest absolute Gasteiger partial charge is 0.381 e. The number of nitrogens with zero attached hydrogens (tertiary/aromatic N) is 1. The van der Waals surface area contributed by atoms with Gasteiger partial charge >= 0.3 is 0 Å². The number of aromatic amines is 1. The van der Waals surface area contributed by atoms with Crippen LogP contribution in [-0.2, 0) is 6.54 Å². The fourth-order valence-corrected chi connectivity index (χ4v) is 1.98. The molecule has 0 fully saturated rings. The number of imidazole rings is 1. The Bertz CT molecular complexity index is 613. The van der Waals surface area contributed by atoms with Gasteiger partial charge in [0.25, 0.3) is 0 Å². The first-order valence-corrected chi connectivity index (χ1v) is 6.28. The number of aromatic nitrogens is 2. The number of H-pyrrole nitrogens is 1. The first kappa shape index (κ1) is 11.5. The maximum atomic E-state index is 4.03. The van der Waals surface area contributed by atoms with Gasteiger partial charge in [-0.25, -0.2) is 4.98 Å². The first-order valence-electron chi connectivity index (χ1n) is 6.28. The van der Waals surface area contributed by atoms with Gasteiger partial charge in [-0.1, -0.05) is 42.5 Å². The Morgan fingerprint density at radius 3 is 2.42 bits per heavy atom. The molecule has 0 aliphatic heterocycles. The Morgan fingerprint density at radius 2 is 1.74 bits per heavy atom. The minimum Gasteiger partial charge on any atom is -0.381 e. The molecule has 0 spiro atoms. The molecule has 0 saturated heterocycles. The molecule has 1 aromatic heterocycles. The summed E-state index contributed by atoms with van der Waals surface area (Å²) in [4.78, 5) is 7.13. The van der Waals surface area contributed by atoms with Crippen LogP contribution in [-0.4, -0.2) is 9.97 Å². The standard InChI is InChI=1S/C16H15N3/c1-2-4-13(5-3-1)10-18-15-8-6-14(7-9-15)16-11-17-12-19-16/h1-9,11-12,18H,10H2,(H,17,19). The number of benzene rings is 2. The molecule has 19 heavy (non-hydrogen) atoms. The van der Waals surface area contributed by atoms with Crippen LogP contribution in [0.25, 0.3) is 11.3 Å². The SMILES string of the molecule is c1ccc(CNc2ccc(-c3cnc[nH]3)cc2)cc1. The summed E-state index contributed by atoms with van der Waals surface area (Å²) >= 11 is 0. The molecule has 3 nitrogen and oxygen atoms in total. The summed E-state index contributed by atoms with van der Waals surface area (Å²) in [5, 5.41) is 3.41. The van der Waals surface area contributed by atoms with Crippen LogP contribution >= 0.6 is 0 Å². The van der Waals surface area contributed by atoms with E-state index in [1.165, 1.54) is 5.56 Å². The van der Waals surface area contributed by atoms with Gasteiger partial charge in [-0.15, -0.1) is 0 Å². The van der Waals surface area contributed by atoms with Crippen molar-refractivity contribution in [2.75, 3.05) is 5.32 Å². The van der Waals surface area contributed by atoms with Crippen molar-refractivity contribution in [2.24, 2.45) is 0 Å². The Morgan fingerprint density at radius 1 is 0.947 bits per heavy atom. The van der Waals surface area contributed by atoms with E-state index in [0.717, 1.165) is 23.5 Å². The van der Waals surface area contributed by atoms with Crippen LogP contribution in [0.3, 0.4) is 0 Å². The molecule has 2 aromatic carbocycles. The number of anilines is 1. The molecule has 0 aliphatic rings. The molecule has 94 valence electrons. The second-order valence-electron chi connectivity index (χ2n) is 4.38. The van der Waals surface area contributed by atoms with E-state index in [4.69, 9.17) is 0 Å². The van der Waals surface area contributed by atoms with Gasteiger partial charge in [-0.3, -0.25) is 0 Å². The Balaban J connectivity index is 1.67. The van der Waals surface area contributed by atoms with Crippen LogP contribution in [0.1, 0.15) is 5.56 Å². The second kappa shape index (κ2) is 5.40. The number of nitrogens with one attached hydrogen (secondary N) is 2. The summed E-state index contributed by atoms with van der Waals surface area (Å²) in [7, 11) is 0. The Kier molecular flexibility index (Phi) is 3.28. The van der Waals surface area contributed by atoms with E-state index in [1.54, 1.807) is 6.33 Å². The van der Waals surface area contributed by atoms with Crippen molar-refractivity contribution in [3.63, 3.8) is 0 Å². The van der Waals surface area contributed by atoms with Gasteiger partial charge in [0.1, 0.15) is 0 Å². The topological polar surface area (TPSA) is 40.7 Å². The van der Waals surface area contributed by atoms with Gasteiger partial charge in [-0.05, 0) is 23.3 Å². The number of hydrogen-bond acceptors (Lipinski definition) is 2. The zero-order valence-electron chi connectivity index (χ0n) is 10.5. The molecule has 3 rings (SSSR count). The molecular weight excluding hydrogens is 234 g/mol. The monoisotopic (exact) mass is 249 g/mol. The molecule has 0 bridgehead atoms. The maximum absolute atomic E-state index is 4.03. The zero-order chi connectivity index (χ0) is 12.9. The van der Waals surface area contributed by atoms with E-state index in [0.29, 0.717) is 0 Å². The predicted molar refractivity (Wildman–Crippen MR) is 77.8 cm³/mol. The van der Waals surface area contributed by atoms with Gasteiger partial charge in [0.2, 0.25) is 0 Å². The molecule has 0 saturated carbocycles. The molecule has 0 amide bonds.